The number of nitrogens with two attached hydrogens (primary N) is 1. The number of hydrogen-bond donors (Lipinski definition) is 1. The van der Waals surface area contributed by atoms with Crippen LogP contribution in [0.2, 0.25) is 5.02 Å². The molecule has 0 saturated heterocycles. The van der Waals surface area contributed by atoms with Gasteiger partial charge in [0.05, 0.1) is 0 Å². The van der Waals surface area contributed by atoms with Gasteiger partial charge in [0.1, 0.15) is 0 Å². The van der Waals surface area contributed by atoms with Crippen LogP contribution in [0.1, 0.15) is 16.7 Å². The standard InChI is InChI=1S/C17H17ClN2/c1-12-3-2-4-17-15(12)7-8-20(17)11-14-6-5-13(10-19)9-16(14)18/h2-9H,10-11,19H2,1H3. The van der Waals surface area contributed by atoms with Gasteiger partial charge in [-0.05, 0) is 41.8 Å². The molecular formula is C17H17ClN2. The molecule has 2 aromatic carbocycles. The molecule has 1 aromatic heterocycles. The minimum absolute atomic E-state index is 0.519. The number of benzene rings is 2. The number of hydrogen-bond acceptors (Lipinski definition) is 1. The Morgan fingerprint density at radius 3 is 2.75 bits per heavy atom. The number of nitrogens with zero attached hydrogens (tertiary/aromatic N) is 1. The van der Waals surface area contributed by atoms with Crippen molar-refractivity contribution in [2.24, 2.45) is 5.73 Å². The van der Waals surface area contributed by atoms with Gasteiger partial charge >= 0.3 is 0 Å². The van der Waals surface area contributed by atoms with Gasteiger partial charge in [-0.25, -0.2) is 0 Å². The third kappa shape index (κ3) is 2.33. The smallest absolute Gasteiger partial charge is 0.0490 e. The molecule has 0 radical (unpaired) electrons. The van der Waals surface area contributed by atoms with Gasteiger partial charge in [-0.15, -0.1) is 0 Å². The van der Waals surface area contributed by atoms with Gasteiger partial charge in [0, 0.05) is 35.2 Å². The second-order valence-electron chi connectivity index (χ2n) is 5.08. The Morgan fingerprint density at radius 1 is 1.15 bits per heavy atom. The molecule has 0 saturated carbocycles. The number of rotatable bonds is 3. The molecule has 20 heavy (non-hydrogen) atoms. The molecule has 0 fully saturated rings. The summed E-state index contributed by atoms with van der Waals surface area (Å²) >= 11 is 6.34. The highest BCUT2D eigenvalue weighted by atomic mass is 35.5. The molecule has 3 aromatic rings. The fraction of sp³-hybridized carbons (Fsp3) is 0.176. The molecule has 3 rings (SSSR count). The molecule has 0 aliphatic carbocycles. The highest BCUT2D eigenvalue weighted by Crippen LogP contribution is 2.23. The minimum Gasteiger partial charge on any atom is -0.343 e. The molecule has 2 nitrogen and oxygen atoms in total. The lowest BCUT2D eigenvalue weighted by molar-refractivity contribution is 0.836. The predicted molar refractivity (Wildman–Crippen MR) is 85.1 cm³/mol. The van der Waals surface area contributed by atoms with E-state index in [1.807, 2.05) is 12.1 Å². The predicted octanol–water partition coefficient (Wildman–Crippen LogP) is 4.11. The molecule has 2 N–H and O–H groups in total. The van der Waals surface area contributed by atoms with Crippen molar-refractivity contribution in [3.8, 4) is 0 Å². The zero-order valence-electron chi connectivity index (χ0n) is 11.4. The second-order valence-corrected chi connectivity index (χ2v) is 5.49. The average molecular weight is 285 g/mol. The monoisotopic (exact) mass is 284 g/mol. The van der Waals surface area contributed by atoms with E-state index in [0.717, 1.165) is 22.7 Å². The zero-order valence-corrected chi connectivity index (χ0v) is 12.2. The van der Waals surface area contributed by atoms with Crippen LogP contribution < -0.4 is 5.73 Å². The second kappa shape index (κ2) is 5.31. The van der Waals surface area contributed by atoms with Crippen molar-refractivity contribution in [1.29, 1.82) is 0 Å². The highest BCUT2D eigenvalue weighted by Gasteiger charge is 2.06. The summed E-state index contributed by atoms with van der Waals surface area (Å²) in [5.41, 5.74) is 10.3. The molecule has 1 heterocycles. The molecule has 0 bridgehead atoms. The first-order valence-corrected chi connectivity index (χ1v) is 7.08. The summed E-state index contributed by atoms with van der Waals surface area (Å²) in [7, 11) is 0. The van der Waals surface area contributed by atoms with Crippen molar-refractivity contribution in [3.63, 3.8) is 0 Å². The maximum Gasteiger partial charge on any atom is 0.0490 e. The average Bonchev–Trinajstić information content (AvgIpc) is 2.86. The van der Waals surface area contributed by atoms with Crippen LogP contribution in [0, 0.1) is 6.92 Å². The van der Waals surface area contributed by atoms with Crippen molar-refractivity contribution in [1.82, 2.24) is 4.57 Å². The molecule has 0 amide bonds. The van der Waals surface area contributed by atoms with Crippen LogP contribution in [0.5, 0.6) is 0 Å². The fourth-order valence-electron chi connectivity index (χ4n) is 2.54. The van der Waals surface area contributed by atoms with Crippen molar-refractivity contribution in [3.05, 3.63) is 70.4 Å². The molecule has 0 aliphatic rings. The van der Waals surface area contributed by atoms with E-state index in [0.29, 0.717) is 6.54 Å². The Balaban J connectivity index is 1.99. The van der Waals surface area contributed by atoms with Gasteiger partial charge in [-0.3, -0.25) is 0 Å². The van der Waals surface area contributed by atoms with E-state index in [-0.39, 0.29) is 0 Å². The Kier molecular flexibility index (Phi) is 3.51. The van der Waals surface area contributed by atoms with Crippen LogP contribution in [-0.2, 0) is 13.1 Å². The van der Waals surface area contributed by atoms with Crippen molar-refractivity contribution < 1.29 is 0 Å². The summed E-state index contributed by atoms with van der Waals surface area (Å²) in [6.45, 7) is 3.43. The van der Waals surface area contributed by atoms with Gasteiger partial charge < -0.3 is 10.3 Å². The molecule has 102 valence electrons. The maximum absolute atomic E-state index is 6.34. The summed E-state index contributed by atoms with van der Waals surface area (Å²) < 4.78 is 2.23. The first-order chi connectivity index (χ1) is 9.69. The van der Waals surface area contributed by atoms with Crippen LogP contribution in [0.4, 0.5) is 0 Å². The lowest BCUT2D eigenvalue weighted by Crippen LogP contribution is -2.01. The first-order valence-electron chi connectivity index (χ1n) is 6.71. The summed E-state index contributed by atoms with van der Waals surface area (Å²) in [6.07, 6.45) is 2.12. The van der Waals surface area contributed by atoms with Crippen LogP contribution in [-0.4, -0.2) is 4.57 Å². The van der Waals surface area contributed by atoms with E-state index < -0.39 is 0 Å². The van der Waals surface area contributed by atoms with Crippen molar-refractivity contribution in [2.75, 3.05) is 0 Å². The van der Waals surface area contributed by atoms with Crippen LogP contribution >= 0.6 is 11.6 Å². The minimum atomic E-state index is 0.519. The Labute approximate surface area is 123 Å². The Hall–Kier alpha value is -1.77. The van der Waals surface area contributed by atoms with Gasteiger partial charge in [0.2, 0.25) is 0 Å². The van der Waals surface area contributed by atoms with Crippen LogP contribution in [0.25, 0.3) is 10.9 Å². The first kappa shape index (κ1) is 13.2. The van der Waals surface area contributed by atoms with E-state index in [4.69, 9.17) is 17.3 Å². The molecule has 0 atom stereocenters. The quantitative estimate of drug-likeness (QED) is 0.771. The highest BCUT2D eigenvalue weighted by molar-refractivity contribution is 6.31. The van der Waals surface area contributed by atoms with Crippen molar-refractivity contribution >= 4 is 22.5 Å². The van der Waals surface area contributed by atoms with Crippen molar-refractivity contribution in [2.45, 2.75) is 20.0 Å². The third-order valence-electron chi connectivity index (χ3n) is 3.73. The summed E-state index contributed by atoms with van der Waals surface area (Å²) in [4.78, 5) is 0. The van der Waals surface area contributed by atoms with Crippen LogP contribution in [0.15, 0.2) is 48.7 Å². The molecule has 0 spiro atoms. The van der Waals surface area contributed by atoms with E-state index >= 15 is 0 Å². The zero-order chi connectivity index (χ0) is 14.1. The number of halogens is 1. The lowest BCUT2D eigenvalue weighted by Gasteiger charge is -2.09. The molecule has 0 aliphatic heterocycles. The van der Waals surface area contributed by atoms with E-state index in [9.17, 15) is 0 Å². The largest absolute Gasteiger partial charge is 0.343 e. The lowest BCUT2D eigenvalue weighted by atomic mass is 10.1. The number of aryl methyl sites for hydroxylation is 1. The molecule has 0 unspecified atom stereocenters. The molecular weight excluding hydrogens is 268 g/mol. The Morgan fingerprint density at radius 2 is 2.00 bits per heavy atom. The van der Waals surface area contributed by atoms with Crippen LogP contribution in [0.3, 0.4) is 0 Å². The third-order valence-corrected chi connectivity index (χ3v) is 4.08. The van der Waals surface area contributed by atoms with Gasteiger partial charge in [-0.2, -0.15) is 0 Å². The van der Waals surface area contributed by atoms with Gasteiger partial charge in [0.25, 0.3) is 0 Å². The number of fused-ring (bicyclic) bond motifs is 1. The van der Waals surface area contributed by atoms with E-state index in [1.54, 1.807) is 0 Å². The number of aromatic nitrogens is 1. The van der Waals surface area contributed by atoms with Gasteiger partial charge in [-0.1, -0.05) is 35.9 Å². The topological polar surface area (TPSA) is 30.9 Å². The maximum atomic E-state index is 6.34. The fourth-order valence-corrected chi connectivity index (χ4v) is 2.81. The van der Waals surface area contributed by atoms with Gasteiger partial charge in [0.15, 0.2) is 0 Å². The SMILES string of the molecule is Cc1cccc2c1ccn2Cc1ccc(CN)cc1Cl. The summed E-state index contributed by atoms with van der Waals surface area (Å²) in [6, 6.07) is 14.6. The molecule has 3 heteroatoms. The Bertz CT molecular complexity index is 759. The summed E-state index contributed by atoms with van der Waals surface area (Å²) in [5, 5.41) is 2.07. The normalized spacial score (nSPS) is 11.2. The van der Waals surface area contributed by atoms with E-state index in [2.05, 4.69) is 48.0 Å². The summed E-state index contributed by atoms with van der Waals surface area (Å²) in [5.74, 6) is 0. The van der Waals surface area contributed by atoms with E-state index in [1.165, 1.54) is 16.5 Å².